The second-order valence-corrected chi connectivity index (χ2v) is 4.98. The zero-order valence-electron chi connectivity index (χ0n) is 11.4. The van der Waals surface area contributed by atoms with Crippen LogP contribution in [0.2, 0.25) is 0 Å². The molecule has 0 radical (unpaired) electrons. The molecule has 1 saturated heterocycles. The van der Waals surface area contributed by atoms with E-state index in [1.165, 1.54) is 12.8 Å². The van der Waals surface area contributed by atoms with Gasteiger partial charge in [-0.15, -0.1) is 0 Å². The lowest BCUT2D eigenvalue weighted by molar-refractivity contribution is -0.301. The van der Waals surface area contributed by atoms with Gasteiger partial charge in [0, 0.05) is 6.61 Å². The second-order valence-electron chi connectivity index (χ2n) is 4.98. The van der Waals surface area contributed by atoms with E-state index >= 15 is 0 Å². The van der Waals surface area contributed by atoms with Crippen molar-refractivity contribution >= 4 is 0 Å². The summed E-state index contributed by atoms with van der Waals surface area (Å²) in [6, 6.07) is 0. The molecule has 1 rings (SSSR count). The molecule has 0 saturated carbocycles. The van der Waals surface area contributed by atoms with Crippen molar-refractivity contribution in [1.29, 1.82) is 0 Å². The van der Waals surface area contributed by atoms with Gasteiger partial charge in [0.1, 0.15) is 24.4 Å². The predicted molar refractivity (Wildman–Crippen MR) is 68.5 cm³/mol. The molecule has 5 atom stereocenters. The topological polar surface area (TPSA) is 99.4 Å². The minimum Gasteiger partial charge on any atom is -0.394 e. The maximum atomic E-state index is 9.72. The van der Waals surface area contributed by atoms with Crippen LogP contribution in [0.15, 0.2) is 0 Å². The molecule has 1 aliphatic rings. The first kappa shape index (κ1) is 16.8. The van der Waals surface area contributed by atoms with Gasteiger partial charge in [0.2, 0.25) is 0 Å². The normalized spacial score (nSPS) is 35.5. The number of rotatable bonds is 8. The van der Waals surface area contributed by atoms with Crippen molar-refractivity contribution in [2.75, 3.05) is 13.2 Å². The second kappa shape index (κ2) is 8.84. The molecule has 6 heteroatoms. The van der Waals surface area contributed by atoms with Gasteiger partial charge in [0.15, 0.2) is 6.29 Å². The maximum absolute atomic E-state index is 9.72. The Bertz CT molecular complexity index is 235. The predicted octanol–water partition coefficient (Wildman–Crippen LogP) is -0.227. The molecule has 1 heterocycles. The number of hydrogen-bond acceptors (Lipinski definition) is 6. The molecule has 4 N–H and O–H groups in total. The third-order valence-corrected chi connectivity index (χ3v) is 3.38. The Kier molecular flexibility index (Phi) is 7.82. The molecule has 0 unspecified atom stereocenters. The molecule has 0 amide bonds. The molecule has 0 aromatic rings. The summed E-state index contributed by atoms with van der Waals surface area (Å²) in [7, 11) is 0. The molecule has 0 aromatic carbocycles. The molecule has 0 aliphatic carbocycles. The fraction of sp³-hybridized carbons (Fsp3) is 1.00. The molecule has 114 valence electrons. The molecule has 0 aromatic heterocycles. The highest BCUT2D eigenvalue weighted by molar-refractivity contribution is 4.88. The highest BCUT2D eigenvalue weighted by Crippen LogP contribution is 2.22. The smallest absolute Gasteiger partial charge is 0.186 e. The van der Waals surface area contributed by atoms with Gasteiger partial charge in [-0.3, -0.25) is 0 Å². The summed E-state index contributed by atoms with van der Waals surface area (Å²) >= 11 is 0. The van der Waals surface area contributed by atoms with Gasteiger partial charge in [0.25, 0.3) is 0 Å². The van der Waals surface area contributed by atoms with Crippen molar-refractivity contribution in [3.05, 3.63) is 0 Å². The van der Waals surface area contributed by atoms with Crippen LogP contribution in [0, 0.1) is 0 Å². The van der Waals surface area contributed by atoms with Gasteiger partial charge in [-0.2, -0.15) is 0 Å². The minimum atomic E-state index is -1.36. The van der Waals surface area contributed by atoms with Crippen LogP contribution in [0.5, 0.6) is 0 Å². The van der Waals surface area contributed by atoms with Crippen molar-refractivity contribution in [3.63, 3.8) is 0 Å². The lowest BCUT2D eigenvalue weighted by Gasteiger charge is -2.39. The highest BCUT2D eigenvalue weighted by atomic mass is 16.7. The number of aliphatic hydroxyl groups is 4. The lowest BCUT2D eigenvalue weighted by atomic mass is 9.99. The molecular formula is C13H26O6. The average molecular weight is 278 g/mol. The first-order valence-corrected chi connectivity index (χ1v) is 7.04. The molecule has 1 fully saturated rings. The van der Waals surface area contributed by atoms with E-state index in [1.54, 1.807) is 0 Å². The van der Waals surface area contributed by atoms with Gasteiger partial charge >= 0.3 is 0 Å². The van der Waals surface area contributed by atoms with Crippen LogP contribution in [0.3, 0.4) is 0 Å². The molecule has 0 bridgehead atoms. The van der Waals surface area contributed by atoms with Crippen LogP contribution in [0.1, 0.15) is 39.0 Å². The number of unbranched alkanes of at least 4 members (excludes halogenated alkanes) is 4. The summed E-state index contributed by atoms with van der Waals surface area (Å²) < 4.78 is 10.6. The Morgan fingerprint density at radius 2 is 1.63 bits per heavy atom. The molecule has 0 spiro atoms. The van der Waals surface area contributed by atoms with E-state index in [0.717, 1.165) is 19.3 Å². The zero-order chi connectivity index (χ0) is 14.3. The van der Waals surface area contributed by atoms with Crippen molar-refractivity contribution < 1.29 is 29.9 Å². The highest BCUT2D eigenvalue weighted by Gasteiger charge is 2.43. The maximum Gasteiger partial charge on any atom is 0.186 e. The van der Waals surface area contributed by atoms with Gasteiger partial charge < -0.3 is 29.9 Å². The van der Waals surface area contributed by atoms with Crippen LogP contribution < -0.4 is 0 Å². The van der Waals surface area contributed by atoms with Gasteiger partial charge in [-0.1, -0.05) is 32.6 Å². The van der Waals surface area contributed by atoms with Gasteiger partial charge in [-0.05, 0) is 6.42 Å². The van der Waals surface area contributed by atoms with Crippen molar-refractivity contribution in [2.45, 2.75) is 69.7 Å². The average Bonchev–Trinajstić information content (AvgIpc) is 2.42. The molecule has 6 nitrogen and oxygen atoms in total. The Hall–Kier alpha value is -0.240. The zero-order valence-corrected chi connectivity index (χ0v) is 11.4. The van der Waals surface area contributed by atoms with Gasteiger partial charge in [0.05, 0.1) is 6.61 Å². The van der Waals surface area contributed by atoms with Crippen LogP contribution in [0.25, 0.3) is 0 Å². The Morgan fingerprint density at radius 1 is 0.947 bits per heavy atom. The largest absolute Gasteiger partial charge is 0.394 e. The van der Waals surface area contributed by atoms with E-state index in [0.29, 0.717) is 6.61 Å². The van der Waals surface area contributed by atoms with Crippen molar-refractivity contribution in [2.24, 2.45) is 0 Å². The molecule has 1 aliphatic heterocycles. The summed E-state index contributed by atoms with van der Waals surface area (Å²) in [6.45, 7) is 2.14. The molecule has 19 heavy (non-hydrogen) atoms. The van der Waals surface area contributed by atoms with Crippen LogP contribution in [-0.2, 0) is 9.47 Å². The van der Waals surface area contributed by atoms with Crippen LogP contribution >= 0.6 is 0 Å². The van der Waals surface area contributed by atoms with Crippen molar-refractivity contribution in [3.8, 4) is 0 Å². The standard InChI is InChI=1S/C13H26O6/c1-2-3-4-5-6-7-18-13-12(17)11(16)10(15)9(8-14)19-13/h9-17H,2-8H2,1H3/t9-,10+,11+,12+,13+/m0/s1. The van der Waals surface area contributed by atoms with E-state index in [4.69, 9.17) is 14.6 Å². The summed E-state index contributed by atoms with van der Waals surface area (Å²) in [5, 5.41) is 37.9. The first-order valence-electron chi connectivity index (χ1n) is 7.04. The van der Waals surface area contributed by atoms with E-state index in [9.17, 15) is 15.3 Å². The van der Waals surface area contributed by atoms with E-state index < -0.39 is 37.3 Å². The van der Waals surface area contributed by atoms with Crippen LogP contribution in [0.4, 0.5) is 0 Å². The van der Waals surface area contributed by atoms with E-state index in [-0.39, 0.29) is 0 Å². The summed E-state index contributed by atoms with van der Waals surface area (Å²) in [5.41, 5.74) is 0. The Morgan fingerprint density at radius 3 is 2.26 bits per heavy atom. The fourth-order valence-corrected chi connectivity index (χ4v) is 2.11. The first-order chi connectivity index (χ1) is 9.11. The number of aliphatic hydroxyl groups excluding tert-OH is 4. The van der Waals surface area contributed by atoms with Crippen LogP contribution in [-0.4, -0.2) is 64.3 Å². The summed E-state index contributed by atoms with van der Waals surface area (Å²) in [6.07, 6.45) is -0.471. The Labute approximate surface area is 114 Å². The molecular weight excluding hydrogens is 252 g/mol. The van der Waals surface area contributed by atoms with Gasteiger partial charge in [-0.25, -0.2) is 0 Å². The SMILES string of the molecule is CCCCCCCO[C@@H]1O[C@@H](CO)[C@@H](O)[C@@H](O)[C@H]1O. The third kappa shape index (κ3) is 4.98. The van der Waals surface area contributed by atoms with E-state index in [1.807, 2.05) is 0 Å². The summed E-state index contributed by atoms with van der Waals surface area (Å²) in [4.78, 5) is 0. The fourth-order valence-electron chi connectivity index (χ4n) is 2.11. The minimum absolute atomic E-state index is 0.423. The number of hydrogen-bond donors (Lipinski definition) is 4. The number of ether oxygens (including phenoxy) is 2. The monoisotopic (exact) mass is 278 g/mol. The lowest BCUT2D eigenvalue weighted by Crippen LogP contribution is -2.59. The Balaban J connectivity index is 2.28. The quantitative estimate of drug-likeness (QED) is 0.458. The van der Waals surface area contributed by atoms with E-state index in [2.05, 4.69) is 6.92 Å². The summed E-state index contributed by atoms with van der Waals surface area (Å²) in [5.74, 6) is 0. The third-order valence-electron chi connectivity index (χ3n) is 3.38. The van der Waals surface area contributed by atoms with Crippen molar-refractivity contribution in [1.82, 2.24) is 0 Å².